The summed E-state index contributed by atoms with van der Waals surface area (Å²) in [6.07, 6.45) is -0.705. The van der Waals surface area contributed by atoms with Crippen LogP contribution >= 0.6 is 11.3 Å². The molecule has 0 saturated carbocycles. The molecule has 0 radical (unpaired) electrons. The summed E-state index contributed by atoms with van der Waals surface area (Å²) in [5.41, 5.74) is 5.32. The number of hydrogen-bond donors (Lipinski definition) is 2. The molecule has 0 amide bonds. The molecule has 1 unspecified atom stereocenters. The molecule has 14 heavy (non-hydrogen) atoms. The SMILES string of the molecule is NCC(O)c1ccc(-c2cccs2)o1. The fraction of sp³-hybridized carbons (Fsp3) is 0.200. The maximum absolute atomic E-state index is 9.42. The Morgan fingerprint density at radius 2 is 2.29 bits per heavy atom. The summed E-state index contributed by atoms with van der Waals surface area (Å²) in [6, 6.07) is 7.54. The van der Waals surface area contributed by atoms with Gasteiger partial charge in [0.1, 0.15) is 17.6 Å². The molecule has 0 fully saturated rings. The van der Waals surface area contributed by atoms with Crippen molar-refractivity contribution in [2.75, 3.05) is 6.54 Å². The number of aliphatic hydroxyl groups is 1. The van der Waals surface area contributed by atoms with E-state index in [1.807, 2.05) is 23.6 Å². The topological polar surface area (TPSA) is 59.4 Å². The molecule has 0 spiro atoms. The average molecular weight is 209 g/mol. The quantitative estimate of drug-likeness (QED) is 0.812. The van der Waals surface area contributed by atoms with Gasteiger partial charge in [0.2, 0.25) is 0 Å². The molecule has 3 nitrogen and oxygen atoms in total. The molecule has 4 heteroatoms. The van der Waals surface area contributed by atoms with E-state index in [1.54, 1.807) is 17.4 Å². The van der Waals surface area contributed by atoms with Crippen molar-refractivity contribution in [3.8, 4) is 10.6 Å². The Bertz CT molecular complexity index is 394. The van der Waals surface area contributed by atoms with E-state index >= 15 is 0 Å². The minimum atomic E-state index is -0.705. The zero-order valence-corrected chi connectivity index (χ0v) is 8.33. The van der Waals surface area contributed by atoms with E-state index in [0.29, 0.717) is 5.76 Å². The third-order valence-electron chi connectivity index (χ3n) is 1.94. The van der Waals surface area contributed by atoms with Crippen molar-refractivity contribution in [3.05, 3.63) is 35.4 Å². The van der Waals surface area contributed by atoms with Crippen LogP contribution in [0.5, 0.6) is 0 Å². The van der Waals surface area contributed by atoms with Crippen LogP contribution in [0.3, 0.4) is 0 Å². The fourth-order valence-corrected chi connectivity index (χ4v) is 1.89. The highest BCUT2D eigenvalue weighted by Crippen LogP contribution is 2.28. The van der Waals surface area contributed by atoms with E-state index in [1.165, 1.54) is 0 Å². The molecule has 0 aliphatic heterocycles. The second-order valence-electron chi connectivity index (χ2n) is 2.93. The molecule has 0 aromatic carbocycles. The predicted octanol–water partition coefficient (Wildman–Crippen LogP) is 2.00. The van der Waals surface area contributed by atoms with E-state index in [9.17, 15) is 5.11 Å². The first kappa shape index (κ1) is 9.45. The molecule has 0 saturated heterocycles. The van der Waals surface area contributed by atoms with Crippen molar-refractivity contribution in [3.63, 3.8) is 0 Å². The van der Waals surface area contributed by atoms with Crippen molar-refractivity contribution in [2.45, 2.75) is 6.10 Å². The summed E-state index contributed by atoms with van der Waals surface area (Å²) in [5.74, 6) is 1.30. The molecule has 3 N–H and O–H groups in total. The van der Waals surface area contributed by atoms with Gasteiger partial charge in [-0.25, -0.2) is 0 Å². The highest BCUT2D eigenvalue weighted by Gasteiger charge is 2.11. The van der Waals surface area contributed by atoms with Crippen LogP contribution in [0.15, 0.2) is 34.1 Å². The van der Waals surface area contributed by atoms with Crippen LogP contribution in [0.1, 0.15) is 11.9 Å². The number of thiophene rings is 1. The third-order valence-corrected chi connectivity index (χ3v) is 2.83. The fourth-order valence-electron chi connectivity index (χ4n) is 1.20. The van der Waals surface area contributed by atoms with Crippen LogP contribution in [-0.4, -0.2) is 11.7 Å². The molecule has 2 heterocycles. The Labute approximate surface area is 85.8 Å². The molecule has 0 aliphatic carbocycles. The van der Waals surface area contributed by atoms with E-state index in [-0.39, 0.29) is 6.54 Å². The van der Waals surface area contributed by atoms with Crippen LogP contribution in [-0.2, 0) is 0 Å². The van der Waals surface area contributed by atoms with Gasteiger partial charge in [-0.05, 0) is 23.6 Å². The lowest BCUT2D eigenvalue weighted by atomic mass is 10.3. The van der Waals surface area contributed by atoms with Crippen molar-refractivity contribution in [2.24, 2.45) is 5.73 Å². The highest BCUT2D eigenvalue weighted by molar-refractivity contribution is 7.13. The molecule has 2 rings (SSSR count). The van der Waals surface area contributed by atoms with Gasteiger partial charge in [-0.3, -0.25) is 0 Å². The summed E-state index contributed by atoms with van der Waals surface area (Å²) in [7, 11) is 0. The Balaban J connectivity index is 2.26. The second kappa shape index (κ2) is 3.96. The highest BCUT2D eigenvalue weighted by atomic mass is 32.1. The Morgan fingerprint density at radius 1 is 1.43 bits per heavy atom. The first-order valence-corrected chi connectivity index (χ1v) is 5.21. The number of rotatable bonds is 3. The molecule has 2 aromatic heterocycles. The molecular formula is C10H11NO2S. The normalized spacial score (nSPS) is 13.0. The lowest BCUT2D eigenvalue weighted by Crippen LogP contribution is -2.10. The summed E-state index contributed by atoms with van der Waals surface area (Å²) in [4.78, 5) is 1.06. The number of furan rings is 1. The van der Waals surface area contributed by atoms with Gasteiger partial charge in [-0.2, -0.15) is 0 Å². The van der Waals surface area contributed by atoms with Crippen LogP contribution < -0.4 is 5.73 Å². The minimum Gasteiger partial charge on any atom is -0.457 e. The van der Waals surface area contributed by atoms with Gasteiger partial charge in [0.05, 0.1) is 4.88 Å². The van der Waals surface area contributed by atoms with Gasteiger partial charge >= 0.3 is 0 Å². The zero-order valence-electron chi connectivity index (χ0n) is 7.51. The third kappa shape index (κ3) is 1.72. The monoisotopic (exact) mass is 209 g/mol. The summed E-state index contributed by atoms with van der Waals surface area (Å²) >= 11 is 1.60. The summed E-state index contributed by atoms with van der Waals surface area (Å²) < 4.78 is 5.46. The maximum atomic E-state index is 9.42. The van der Waals surface area contributed by atoms with E-state index in [4.69, 9.17) is 10.2 Å². The number of nitrogens with two attached hydrogens (primary N) is 1. The lowest BCUT2D eigenvalue weighted by Gasteiger charge is -2.01. The van der Waals surface area contributed by atoms with Crippen molar-refractivity contribution < 1.29 is 9.52 Å². The molecule has 1 atom stereocenters. The lowest BCUT2D eigenvalue weighted by molar-refractivity contribution is 0.159. The van der Waals surface area contributed by atoms with Gasteiger partial charge < -0.3 is 15.3 Å². The molecular weight excluding hydrogens is 198 g/mol. The van der Waals surface area contributed by atoms with Crippen LogP contribution in [0.2, 0.25) is 0 Å². The van der Waals surface area contributed by atoms with Crippen molar-refractivity contribution in [1.82, 2.24) is 0 Å². The first-order chi connectivity index (χ1) is 6.81. The first-order valence-electron chi connectivity index (χ1n) is 4.33. The molecule has 2 aromatic rings. The van der Waals surface area contributed by atoms with Crippen LogP contribution in [0.4, 0.5) is 0 Å². The van der Waals surface area contributed by atoms with Crippen LogP contribution in [0.25, 0.3) is 10.6 Å². The Morgan fingerprint density at radius 3 is 2.93 bits per heavy atom. The summed E-state index contributed by atoms with van der Waals surface area (Å²) in [5, 5.41) is 11.4. The van der Waals surface area contributed by atoms with Gasteiger partial charge in [0, 0.05) is 6.54 Å². The van der Waals surface area contributed by atoms with Gasteiger partial charge in [0.25, 0.3) is 0 Å². The Kier molecular flexibility index (Phi) is 2.67. The number of aliphatic hydroxyl groups excluding tert-OH is 1. The molecule has 74 valence electrons. The van der Waals surface area contributed by atoms with E-state index in [0.717, 1.165) is 10.6 Å². The van der Waals surface area contributed by atoms with Crippen molar-refractivity contribution in [1.29, 1.82) is 0 Å². The smallest absolute Gasteiger partial charge is 0.144 e. The van der Waals surface area contributed by atoms with E-state index in [2.05, 4.69) is 0 Å². The maximum Gasteiger partial charge on any atom is 0.144 e. The Hall–Kier alpha value is -1.10. The van der Waals surface area contributed by atoms with Crippen LogP contribution in [0, 0.1) is 0 Å². The van der Waals surface area contributed by atoms with Crippen molar-refractivity contribution >= 4 is 11.3 Å². The van der Waals surface area contributed by atoms with E-state index < -0.39 is 6.10 Å². The average Bonchev–Trinajstić information content (AvgIpc) is 2.86. The molecule has 0 aliphatic rings. The molecule has 0 bridgehead atoms. The zero-order chi connectivity index (χ0) is 9.97. The second-order valence-corrected chi connectivity index (χ2v) is 3.88. The largest absolute Gasteiger partial charge is 0.457 e. The minimum absolute atomic E-state index is 0.178. The number of hydrogen-bond acceptors (Lipinski definition) is 4. The summed E-state index contributed by atoms with van der Waals surface area (Å²) in [6.45, 7) is 0.178. The standard InChI is InChI=1S/C10H11NO2S/c11-6-7(12)8-3-4-9(13-8)10-2-1-5-14-10/h1-5,7,12H,6,11H2. The van der Waals surface area contributed by atoms with Gasteiger partial charge in [-0.1, -0.05) is 6.07 Å². The van der Waals surface area contributed by atoms with Gasteiger partial charge in [-0.15, -0.1) is 11.3 Å². The van der Waals surface area contributed by atoms with Gasteiger partial charge in [0.15, 0.2) is 0 Å². The predicted molar refractivity (Wildman–Crippen MR) is 56.0 cm³/mol.